The molecule has 0 saturated heterocycles. The van der Waals surface area contributed by atoms with E-state index in [9.17, 15) is 43.8 Å². The van der Waals surface area contributed by atoms with Crippen LogP contribution >= 0.6 is 0 Å². The molecule has 0 aliphatic carbocycles. The molecule has 504 valence electrons. The smallest absolute Gasteiger partial charge is 0.330 e. The Kier molecular flexibility index (Phi) is 37.5. The molecule has 0 radical (unpaired) electrons. The van der Waals surface area contributed by atoms with Gasteiger partial charge < -0.3 is 76.5 Å². The Labute approximate surface area is 543 Å². The van der Waals surface area contributed by atoms with Crippen LogP contribution in [0.15, 0.2) is 186 Å². The SMILES string of the molecule is C=CC(=O)OCC(O)COc1cccc(C(C)(C)c2cccc(OCC(O)COC(=O)C=C)c2)c1.C=CC(=O)OCCOC(CC)(OCCOC(=O)C=C)OCCOC(=O)C=C.C=CC(=O)OCCOc1cccc(C(C)(C)c2cccc(OCCOC(=O)C=C)c2)c1. The molecule has 2 unspecified atom stereocenters. The maximum absolute atomic E-state index is 11.1. The van der Waals surface area contributed by atoms with Crippen LogP contribution in [0.2, 0.25) is 0 Å². The largest absolute Gasteiger partial charge is 0.491 e. The Morgan fingerprint density at radius 2 is 0.591 bits per heavy atom. The van der Waals surface area contributed by atoms with E-state index in [1.165, 1.54) is 0 Å². The quantitative estimate of drug-likeness (QED) is 0.0138. The Hall–Kier alpha value is -9.65. The minimum absolute atomic E-state index is 0.0215. The number of hydrogen-bond acceptors (Lipinski definition) is 23. The fourth-order valence-corrected chi connectivity index (χ4v) is 7.54. The highest BCUT2D eigenvalue weighted by molar-refractivity contribution is 5.83. The van der Waals surface area contributed by atoms with E-state index in [2.05, 4.69) is 73.7 Å². The fourth-order valence-electron chi connectivity index (χ4n) is 7.54. The van der Waals surface area contributed by atoms with E-state index < -0.39 is 65.4 Å². The number of carbonyl (C=O) groups is 7. The maximum atomic E-state index is 11.1. The van der Waals surface area contributed by atoms with Gasteiger partial charge in [0.25, 0.3) is 5.97 Å². The first-order chi connectivity index (χ1) is 44.4. The van der Waals surface area contributed by atoms with E-state index in [-0.39, 0.29) is 104 Å². The molecule has 0 aliphatic heterocycles. The normalized spacial score (nSPS) is 11.4. The van der Waals surface area contributed by atoms with Crippen LogP contribution in [-0.2, 0) is 91.8 Å². The molecule has 0 saturated carbocycles. The summed E-state index contributed by atoms with van der Waals surface area (Å²) in [6.45, 7) is 33.4. The number of rotatable bonds is 42. The molecule has 0 aromatic heterocycles. The molecular weight excluding hydrogens is 1210 g/mol. The van der Waals surface area contributed by atoms with Crippen molar-refractivity contribution in [1.82, 2.24) is 0 Å². The Balaban J connectivity index is 0.000000480. The molecule has 0 aliphatic rings. The Bertz CT molecular complexity index is 2850. The highest BCUT2D eigenvalue weighted by atomic mass is 16.9. The highest BCUT2D eigenvalue weighted by Crippen LogP contribution is 2.36. The Morgan fingerprint density at radius 3 is 0.839 bits per heavy atom. The van der Waals surface area contributed by atoms with Gasteiger partial charge in [0.05, 0.1) is 19.8 Å². The van der Waals surface area contributed by atoms with Gasteiger partial charge in [-0.25, -0.2) is 33.6 Å². The lowest BCUT2D eigenvalue weighted by molar-refractivity contribution is -0.385. The lowest BCUT2D eigenvalue weighted by atomic mass is 9.78. The third-order valence-corrected chi connectivity index (χ3v) is 12.7. The summed E-state index contributed by atoms with van der Waals surface area (Å²) in [6.07, 6.45) is 5.70. The molecular formula is C70H86O23. The van der Waals surface area contributed by atoms with Crippen LogP contribution in [0.25, 0.3) is 0 Å². The summed E-state index contributed by atoms with van der Waals surface area (Å²) in [7, 11) is 0. The number of carbonyl (C=O) groups excluding carboxylic acids is 7. The third kappa shape index (κ3) is 31.8. The second kappa shape index (κ2) is 44.0. The summed E-state index contributed by atoms with van der Waals surface area (Å²) < 4.78 is 73.4. The number of aliphatic hydroxyl groups excluding tert-OH is 2. The van der Waals surface area contributed by atoms with Gasteiger partial charge in [0.15, 0.2) is 0 Å². The molecule has 2 atom stereocenters. The topological polar surface area (TPSA) is 289 Å². The maximum Gasteiger partial charge on any atom is 0.330 e. The molecule has 4 aromatic rings. The molecule has 23 heteroatoms. The van der Waals surface area contributed by atoms with Gasteiger partial charge in [0.1, 0.15) is 108 Å². The summed E-state index contributed by atoms with van der Waals surface area (Å²) in [5.74, 6) is -2.91. The fraction of sp³-hybridized carbons (Fsp3) is 0.357. The van der Waals surface area contributed by atoms with Crippen molar-refractivity contribution in [2.24, 2.45) is 0 Å². The summed E-state index contributed by atoms with van der Waals surface area (Å²) in [5, 5.41) is 19.9. The van der Waals surface area contributed by atoms with Crippen LogP contribution in [0.4, 0.5) is 0 Å². The summed E-state index contributed by atoms with van der Waals surface area (Å²) in [4.78, 5) is 77.5. The van der Waals surface area contributed by atoms with Crippen molar-refractivity contribution in [1.29, 1.82) is 0 Å². The van der Waals surface area contributed by atoms with Crippen LogP contribution in [0.1, 0.15) is 63.3 Å². The molecule has 0 heterocycles. The zero-order chi connectivity index (χ0) is 69.1. The van der Waals surface area contributed by atoms with Crippen LogP contribution in [-0.4, -0.2) is 163 Å². The molecule has 0 spiro atoms. The van der Waals surface area contributed by atoms with Gasteiger partial charge in [-0.15, -0.1) is 0 Å². The van der Waals surface area contributed by atoms with Crippen molar-refractivity contribution in [3.8, 4) is 23.0 Å². The lowest BCUT2D eigenvalue weighted by Crippen LogP contribution is -2.41. The minimum atomic E-state index is -1.50. The molecule has 93 heavy (non-hydrogen) atoms. The van der Waals surface area contributed by atoms with Crippen LogP contribution in [0.3, 0.4) is 0 Å². The standard InChI is InChI=1S/C27H32O8.C25H28O6.C18H26O9/c1-5-25(30)34-17-21(28)15-32-23-11-7-9-19(13-23)27(3,4)20-10-8-12-24(14-20)33-16-22(29)18-35-26(31)6-2;1-5-23(26)30-15-13-28-21-11-7-9-19(17-21)25(3,4)20-10-8-12-22(18-20)29-14-16-31-24(27)6-2;1-5-15(19)22-9-12-25-18(8-4,26-13-10-23-16(20)6-2)27-14-11-24-17(21)7-3/h5-14,21-22,28-29H,1-2,15-18H2,3-4H3;5-12,17-18H,1-2,13-16H2,3-4H3;5-7H,1-3,8-14H2,4H3. The monoisotopic (exact) mass is 1290 g/mol. The number of aliphatic hydroxyl groups is 2. The molecule has 4 rings (SSSR count). The van der Waals surface area contributed by atoms with Gasteiger partial charge in [-0.3, -0.25) is 0 Å². The van der Waals surface area contributed by atoms with Gasteiger partial charge in [-0.1, -0.05) is 129 Å². The van der Waals surface area contributed by atoms with Crippen molar-refractivity contribution in [3.05, 3.63) is 208 Å². The first-order valence-electron chi connectivity index (χ1n) is 29.2. The molecule has 0 fully saturated rings. The number of ether oxygens (including phenoxy) is 14. The van der Waals surface area contributed by atoms with E-state index in [1.54, 1.807) is 19.1 Å². The van der Waals surface area contributed by atoms with Crippen molar-refractivity contribution < 1.29 is 110 Å². The minimum Gasteiger partial charge on any atom is -0.491 e. The molecule has 2 N–H and O–H groups in total. The van der Waals surface area contributed by atoms with Crippen molar-refractivity contribution in [3.63, 3.8) is 0 Å². The summed E-state index contributed by atoms with van der Waals surface area (Å²) in [5.41, 5.74) is 3.32. The van der Waals surface area contributed by atoms with Gasteiger partial charge in [-0.2, -0.15) is 0 Å². The molecule has 4 aromatic carbocycles. The summed E-state index contributed by atoms with van der Waals surface area (Å²) >= 11 is 0. The number of esters is 7. The van der Waals surface area contributed by atoms with Gasteiger partial charge >= 0.3 is 41.8 Å². The molecule has 23 nitrogen and oxygen atoms in total. The number of hydrogen-bond donors (Lipinski definition) is 2. The molecule has 0 amide bonds. The predicted octanol–water partition coefficient (Wildman–Crippen LogP) is 8.47. The third-order valence-electron chi connectivity index (χ3n) is 12.7. The van der Waals surface area contributed by atoms with Crippen LogP contribution in [0, 0.1) is 0 Å². The van der Waals surface area contributed by atoms with Crippen LogP contribution in [0.5, 0.6) is 23.0 Å². The predicted molar refractivity (Wildman–Crippen MR) is 343 cm³/mol. The zero-order valence-electron chi connectivity index (χ0n) is 53.5. The Morgan fingerprint density at radius 1 is 0.355 bits per heavy atom. The first-order valence-corrected chi connectivity index (χ1v) is 29.2. The average molecular weight is 1300 g/mol. The van der Waals surface area contributed by atoms with E-state index in [0.29, 0.717) is 23.0 Å². The second-order valence-electron chi connectivity index (χ2n) is 20.1. The molecule has 0 bridgehead atoms. The summed E-state index contributed by atoms with van der Waals surface area (Å²) in [6, 6.07) is 30.6. The van der Waals surface area contributed by atoms with E-state index >= 15 is 0 Å². The van der Waals surface area contributed by atoms with E-state index in [1.807, 2.05) is 84.9 Å². The number of benzene rings is 4. The lowest BCUT2D eigenvalue weighted by Gasteiger charge is -2.32. The van der Waals surface area contributed by atoms with Crippen molar-refractivity contribution >= 4 is 41.8 Å². The van der Waals surface area contributed by atoms with Gasteiger partial charge in [0.2, 0.25) is 0 Å². The van der Waals surface area contributed by atoms with E-state index in [4.69, 9.17) is 66.3 Å². The van der Waals surface area contributed by atoms with E-state index in [0.717, 1.165) is 64.8 Å². The second-order valence-corrected chi connectivity index (χ2v) is 20.1. The zero-order valence-corrected chi connectivity index (χ0v) is 53.5. The van der Waals surface area contributed by atoms with Gasteiger partial charge in [-0.05, 0) is 70.8 Å². The van der Waals surface area contributed by atoms with Crippen molar-refractivity contribution in [2.75, 3.05) is 92.5 Å². The first kappa shape index (κ1) is 79.4. The highest BCUT2D eigenvalue weighted by Gasteiger charge is 2.32. The van der Waals surface area contributed by atoms with Crippen molar-refractivity contribution in [2.45, 2.75) is 70.1 Å². The van der Waals surface area contributed by atoms with Gasteiger partial charge in [0, 0.05) is 59.8 Å². The van der Waals surface area contributed by atoms with Crippen LogP contribution < -0.4 is 18.9 Å². The average Bonchev–Trinajstić information content (AvgIpc) is 0.854.